The number of nitrogens with one attached hydrogen (secondary N) is 3. The van der Waals surface area contributed by atoms with Gasteiger partial charge in [-0.2, -0.15) is 0 Å². The molecule has 0 bridgehead atoms. The molecule has 113 heavy (non-hydrogen) atoms. The maximum absolute atomic E-state index is 13.4. The van der Waals surface area contributed by atoms with Crippen molar-refractivity contribution in [1.82, 2.24) is 35.7 Å². The number of amides is 9. The quantitative estimate of drug-likeness (QED) is 0.0202. The number of aromatic nitrogens is 2. The molecule has 6 N–H and O–H groups in total. The van der Waals surface area contributed by atoms with Gasteiger partial charge in [-0.3, -0.25) is 73.6 Å². The molecule has 27 heteroatoms. The smallest absolute Gasteiger partial charge is 0.335 e. The van der Waals surface area contributed by atoms with Crippen LogP contribution in [0.1, 0.15) is 182 Å². The number of hydrogen-bond donors (Lipinski definition) is 5. The highest BCUT2D eigenvalue weighted by Gasteiger charge is 2.65. The van der Waals surface area contributed by atoms with Gasteiger partial charge in [-0.25, -0.2) is 14.5 Å². The first-order valence-corrected chi connectivity index (χ1v) is 37.5. The van der Waals surface area contributed by atoms with E-state index in [4.69, 9.17) is 52.4 Å². The summed E-state index contributed by atoms with van der Waals surface area (Å²) in [6.07, 6.45) is 8.21. The van der Waals surface area contributed by atoms with Gasteiger partial charge >= 0.3 is 5.97 Å². The van der Waals surface area contributed by atoms with Gasteiger partial charge in [-0.1, -0.05) is 67.5 Å². The van der Waals surface area contributed by atoms with E-state index in [0.29, 0.717) is 83.1 Å². The lowest BCUT2D eigenvalue weighted by molar-refractivity contribution is -0.163. The number of carboxylic acids is 1. The molecule has 8 aromatic rings. The number of fused-ring (bicyclic) bond motifs is 4. The van der Waals surface area contributed by atoms with Gasteiger partial charge in [-0.15, -0.1) is 0 Å². The molecule has 584 valence electrons. The molecule has 2 saturated carbocycles. The average Bonchev–Trinajstić information content (AvgIpc) is 1.44. The van der Waals surface area contributed by atoms with Gasteiger partial charge in [0.25, 0.3) is 29.5 Å². The summed E-state index contributed by atoms with van der Waals surface area (Å²) in [5.41, 5.74) is 9.18. The Kier molecular flexibility index (Phi) is 23.4. The second kappa shape index (κ2) is 33.1. The number of piperidine rings is 2. The maximum Gasteiger partial charge on any atom is 0.335 e. The summed E-state index contributed by atoms with van der Waals surface area (Å²) in [7, 11) is 0. The van der Waals surface area contributed by atoms with Crippen LogP contribution >= 0.6 is 0 Å². The number of nitrogens with two attached hydrogens (primary N) is 1. The van der Waals surface area contributed by atoms with E-state index in [2.05, 4.69) is 91.0 Å². The SMILES string of the molecule is O=C1CCC(N2C(=O)c3ccc(OCCCCCOc4ccc(C(=O)O)cc4)cc3C2=O)C(=O)N1.[C-]#[N+]c1ccc(OC2C(C)(C)C(N)C2(C)C)c2cccnc12.[C-]#[N+]c1ccc(OC2C(C)(C)C(NC(=O)c3ccc(OCCCCCOc4ccc5c(c4)C(=O)N(C4CCC(=O)NC4=O)C5=O)cc3)C2(C)C)c2cccnc12. The number of pyridine rings is 2. The number of benzene rings is 6. The number of aromatic carboxylic acids is 1. The van der Waals surface area contributed by atoms with E-state index in [1.54, 1.807) is 73.1 Å². The van der Waals surface area contributed by atoms with Crippen LogP contribution in [-0.4, -0.2) is 147 Å². The molecule has 0 radical (unpaired) electrons. The van der Waals surface area contributed by atoms with Gasteiger partial charge in [-0.05, 0) is 173 Å². The van der Waals surface area contributed by atoms with Crippen LogP contribution in [0.3, 0.4) is 0 Å². The van der Waals surface area contributed by atoms with Crippen LogP contribution in [0.15, 0.2) is 146 Å². The highest BCUT2D eigenvalue weighted by molar-refractivity contribution is 6.24. The van der Waals surface area contributed by atoms with E-state index in [0.717, 1.165) is 64.8 Å². The third kappa shape index (κ3) is 16.4. The summed E-state index contributed by atoms with van der Waals surface area (Å²) in [5.74, 6) is -1.95. The van der Waals surface area contributed by atoms with Gasteiger partial charge in [0.15, 0.2) is 0 Å². The van der Waals surface area contributed by atoms with Gasteiger partial charge in [0.2, 0.25) is 35.0 Å². The molecule has 2 unspecified atom stereocenters. The number of hydrogen-bond acceptors (Lipinski definition) is 19. The lowest BCUT2D eigenvalue weighted by atomic mass is 9.49. The molecule has 2 atom stereocenters. The molecule has 27 nitrogen and oxygen atoms in total. The number of carboxylic acid groups (broad SMARTS) is 1. The molecule has 0 spiro atoms. The van der Waals surface area contributed by atoms with Crippen molar-refractivity contribution in [1.29, 1.82) is 0 Å². The summed E-state index contributed by atoms with van der Waals surface area (Å²) in [6, 6.07) is 35.3. The summed E-state index contributed by atoms with van der Waals surface area (Å²) in [6.45, 7) is 33.4. The van der Waals surface area contributed by atoms with Crippen molar-refractivity contribution in [2.24, 2.45) is 27.4 Å². The van der Waals surface area contributed by atoms with Crippen molar-refractivity contribution in [3.8, 4) is 34.5 Å². The summed E-state index contributed by atoms with van der Waals surface area (Å²) in [5, 5.41) is 18.2. The van der Waals surface area contributed by atoms with Crippen molar-refractivity contribution < 1.29 is 81.5 Å². The fourth-order valence-electron chi connectivity index (χ4n) is 16.4. The molecule has 14 rings (SSSR count). The highest BCUT2D eigenvalue weighted by Crippen LogP contribution is 2.57. The van der Waals surface area contributed by atoms with E-state index < -0.39 is 65.3 Å². The van der Waals surface area contributed by atoms with Crippen molar-refractivity contribution in [3.63, 3.8) is 0 Å². The van der Waals surface area contributed by atoms with Crippen LogP contribution in [-0.2, 0) is 19.2 Å². The standard InChI is InChI=1S/C43H43N5O8.C25H24N2O8.C18H21N3O/c1-42(2)40(43(3,4)41(42)56-33-19-17-31(44-5)35-29(33)10-9-21-45-35)47-36(50)25-11-13-26(14-12-25)54-22-7-6-8-23-55-27-15-16-28-30(24-27)39(53)48(38(28)52)32-18-20-34(49)46-37(32)51;28-21-11-10-20(22(29)26-21)27-23(30)18-9-8-17(14-19(18)24(27)31)35-13-3-1-2-12-34-16-6-4-15(5-7-16)25(32)33;1-17(2)15(19)18(3,4)16(17)22-13-9-8-12(20-5)14-11(13)7-6-10-21-14/h9-17,19,21,24,32,40-41H,6-8,18,20,22-23H2,1-4H3,(H,47,50)(H,46,49,51);4-9,14,20H,1-3,10-13H2,(H,32,33)(H,26,28,29);6-10,15-16H,19H2,1-4H3. The monoisotopic (exact) mass is 1530 g/mol. The third-order valence-corrected chi connectivity index (χ3v) is 21.9. The minimum Gasteiger partial charge on any atom is -0.494 e. The van der Waals surface area contributed by atoms with E-state index >= 15 is 0 Å². The minimum atomic E-state index is -1.01. The van der Waals surface area contributed by atoms with Crippen molar-refractivity contribution >= 4 is 92.3 Å². The fraction of sp³-hybridized carbons (Fsp3) is 0.372. The Balaban J connectivity index is 0.000000175. The average molecular weight is 1530 g/mol. The van der Waals surface area contributed by atoms with E-state index in [1.165, 1.54) is 36.4 Å². The van der Waals surface area contributed by atoms with Crippen LogP contribution in [0, 0.1) is 34.8 Å². The van der Waals surface area contributed by atoms with E-state index in [1.807, 2.05) is 36.4 Å². The van der Waals surface area contributed by atoms with Gasteiger partial charge in [0, 0.05) is 75.3 Å². The van der Waals surface area contributed by atoms with Gasteiger partial charge in [0.1, 0.15) is 58.8 Å². The van der Waals surface area contributed by atoms with Crippen LogP contribution in [0.4, 0.5) is 11.4 Å². The largest absolute Gasteiger partial charge is 0.494 e. The second-order valence-corrected chi connectivity index (χ2v) is 31.0. The zero-order chi connectivity index (χ0) is 80.8. The Labute approximate surface area is 652 Å². The summed E-state index contributed by atoms with van der Waals surface area (Å²) >= 11 is 0. The summed E-state index contributed by atoms with van der Waals surface area (Å²) < 4.78 is 36.0. The molecule has 4 fully saturated rings. The molecule has 2 saturated heterocycles. The molecule has 2 aromatic heterocycles. The molecule has 9 amide bonds. The van der Waals surface area contributed by atoms with Gasteiger partial charge < -0.3 is 44.6 Å². The molecular weight excluding hydrogens is 1440 g/mol. The Morgan fingerprint density at radius 2 is 0.867 bits per heavy atom. The van der Waals surface area contributed by atoms with Crippen molar-refractivity contribution in [2.75, 3.05) is 26.4 Å². The van der Waals surface area contributed by atoms with Gasteiger partial charge in [0.05, 0.1) is 78.4 Å². The highest BCUT2D eigenvalue weighted by atomic mass is 16.5. The number of carbonyl (C=O) groups excluding carboxylic acids is 9. The predicted octanol–water partition coefficient (Wildman–Crippen LogP) is 12.8. The number of nitrogens with zero attached hydrogens (tertiary/aromatic N) is 6. The Bertz CT molecular complexity index is 5150. The van der Waals surface area contributed by atoms with Crippen LogP contribution < -0.4 is 50.1 Å². The molecule has 2 aliphatic carbocycles. The second-order valence-electron chi connectivity index (χ2n) is 31.0. The van der Waals surface area contributed by atoms with Crippen LogP contribution in [0.2, 0.25) is 0 Å². The lowest BCUT2D eigenvalue weighted by Gasteiger charge is -2.63. The predicted molar refractivity (Wildman–Crippen MR) is 415 cm³/mol. The molecule has 6 aliphatic rings. The van der Waals surface area contributed by atoms with E-state index in [9.17, 15) is 47.9 Å². The number of unbranched alkanes of at least 4 members (excludes halogenated alkanes) is 4. The number of ether oxygens (including phenoxy) is 6. The first-order chi connectivity index (χ1) is 53.9. The summed E-state index contributed by atoms with van der Waals surface area (Å²) in [4.78, 5) is 141. The first-order valence-electron chi connectivity index (χ1n) is 37.5. The van der Waals surface area contributed by atoms with E-state index in [-0.39, 0.29) is 105 Å². The number of rotatable bonds is 25. The number of carbonyl (C=O) groups is 10. The Hall–Kier alpha value is -12.6. The molecule has 4 aliphatic heterocycles. The Morgan fingerprint density at radius 3 is 1.26 bits per heavy atom. The first kappa shape index (κ1) is 79.9. The minimum absolute atomic E-state index is 0.0252. The fourth-order valence-corrected chi connectivity index (χ4v) is 16.4. The van der Waals surface area contributed by atoms with Crippen LogP contribution in [0.5, 0.6) is 34.5 Å². The Morgan fingerprint density at radius 1 is 0.496 bits per heavy atom. The lowest BCUT2D eigenvalue weighted by Crippen LogP contribution is -2.74. The number of imide groups is 4. The normalized spacial score (nSPS) is 20.6. The zero-order valence-electron chi connectivity index (χ0n) is 64.0. The van der Waals surface area contributed by atoms with Crippen molar-refractivity contribution in [3.05, 3.63) is 202 Å². The maximum atomic E-state index is 13.4. The van der Waals surface area contributed by atoms with Crippen molar-refractivity contribution in [2.45, 2.75) is 156 Å². The molecule has 6 aromatic carbocycles. The zero-order valence-corrected chi connectivity index (χ0v) is 64.0. The third-order valence-electron chi connectivity index (χ3n) is 21.9. The molecule has 6 heterocycles. The van der Waals surface area contributed by atoms with Crippen LogP contribution in [0.25, 0.3) is 31.5 Å². The topological polar surface area (TPSA) is 349 Å². The molecular formula is C86H88N10O17.